The smallest absolute Gasteiger partial charge is 0.191 e. The van der Waals surface area contributed by atoms with Gasteiger partial charge in [0, 0.05) is 50.2 Å². The van der Waals surface area contributed by atoms with Crippen molar-refractivity contribution in [2.75, 3.05) is 31.6 Å². The molecule has 2 heterocycles. The molecule has 1 saturated heterocycles. The molecule has 0 bridgehead atoms. The maximum atomic E-state index is 4.49. The SMILES string of the molecule is CN=C(NCCc1csc(C)n1)NC1CCN(c2ccccc2)C1.I. The zero-order valence-corrected chi connectivity index (χ0v) is 17.9. The molecule has 0 amide bonds. The van der Waals surface area contributed by atoms with E-state index in [0.29, 0.717) is 6.04 Å². The summed E-state index contributed by atoms with van der Waals surface area (Å²) in [5.41, 5.74) is 2.44. The van der Waals surface area contributed by atoms with Crippen molar-refractivity contribution in [3.8, 4) is 0 Å². The first kappa shape index (κ1) is 20.0. The molecule has 0 saturated carbocycles. The van der Waals surface area contributed by atoms with E-state index in [0.717, 1.165) is 49.1 Å². The normalized spacial score (nSPS) is 17.3. The third-order valence-corrected chi connectivity index (χ3v) is 5.04. The predicted octanol–water partition coefficient (Wildman–Crippen LogP) is 3.06. The predicted molar refractivity (Wildman–Crippen MR) is 118 cm³/mol. The number of benzene rings is 1. The number of aliphatic imine (C=N–C) groups is 1. The number of hydrogen-bond donors (Lipinski definition) is 2. The summed E-state index contributed by atoms with van der Waals surface area (Å²) in [7, 11) is 1.83. The van der Waals surface area contributed by atoms with Crippen LogP contribution in [0.25, 0.3) is 0 Å². The van der Waals surface area contributed by atoms with Crippen LogP contribution in [0.5, 0.6) is 0 Å². The number of aryl methyl sites for hydroxylation is 1. The van der Waals surface area contributed by atoms with E-state index in [2.05, 4.69) is 61.2 Å². The van der Waals surface area contributed by atoms with E-state index in [1.807, 2.05) is 14.0 Å². The molecule has 1 unspecified atom stereocenters. The maximum Gasteiger partial charge on any atom is 0.191 e. The minimum absolute atomic E-state index is 0. The highest BCUT2D eigenvalue weighted by Gasteiger charge is 2.23. The Morgan fingerprint density at radius 3 is 2.84 bits per heavy atom. The first-order chi connectivity index (χ1) is 11.7. The van der Waals surface area contributed by atoms with Gasteiger partial charge in [0.2, 0.25) is 0 Å². The summed E-state index contributed by atoms with van der Waals surface area (Å²) in [5, 5.41) is 10.2. The number of guanidine groups is 1. The van der Waals surface area contributed by atoms with Gasteiger partial charge in [0.05, 0.1) is 10.7 Å². The molecule has 0 radical (unpaired) electrons. The second-order valence-corrected chi connectivity index (χ2v) is 7.08. The van der Waals surface area contributed by atoms with Crippen LogP contribution in [-0.2, 0) is 6.42 Å². The highest BCUT2D eigenvalue weighted by molar-refractivity contribution is 14.0. The molecule has 1 fully saturated rings. The summed E-state index contributed by atoms with van der Waals surface area (Å²) in [6.07, 6.45) is 2.05. The third kappa shape index (κ3) is 5.85. The molecule has 1 aliphatic rings. The number of nitrogens with zero attached hydrogens (tertiary/aromatic N) is 3. The molecule has 2 aromatic rings. The van der Waals surface area contributed by atoms with Crippen molar-refractivity contribution in [3.63, 3.8) is 0 Å². The van der Waals surface area contributed by atoms with Crippen molar-refractivity contribution in [3.05, 3.63) is 46.4 Å². The molecular weight excluding hydrogens is 445 g/mol. The van der Waals surface area contributed by atoms with Crippen LogP contribution in [0.4, 0.5) is 5.69 Å². The van der Waals surface area contributed by atoms with Gasteiger partial charge < -0.3 is 15.5 Å². The fourth-order valence-corrected chi connectivity index (χ4v) is 3.62. The minimum Gasteiger partial charge on any atom is -0.369 e. The van der Waals surface area contributed by atoms with Crippen LogP contribution >= 0.6 is 35.3 Å². The minimum atomic E-state index is 0. The van der Waals surface area contributed by atoms with E-state index in [-0.39, 0.29) is 24.0 Å². The fraction of sp³-hybridized carbons (Fsp3) is 0.444. The largest absolute Gasteiger partial charge is 0.369 e. The molecule has 3 rings (SSSR count). The summed E-state index contributed by atoms with van der Waals surface area (Å²) in [4.78, 5) is 11.3. The van der Waals surface area contributed by atoms with Crippen LogP contribution < -0.4 is 15.5 Å². The Morgan fingerprint density at radius 1 is 1.36 bits per heavy atom. The van der Waals surface area contributed by atoms with E-state index >= 15 is 0 Å². The van der Waals surface area contributed by atoms with E-state index in [1.165, 1.54) is 5.69 Å². The van der Waals surface area contributed by atoms with Crippen LogP contribution in [0.15, 0.2) is 40.7 Å². The van der Waals surface area contributed by atoms with Crippen molar-refractivity contribution >= 4 is 47.0 Å². The van der Waals surface area contributed by atoms with Gasteiger partial charge in [0.25, 0.3) is 0 Å². The van der Waals surface area contributed by atoms with Gasteiger partial charge in [-0.1, -0.05) is 18.2 Å². The van der Waals surface area contributed by atoms with Crippen molar-refractivity contribution in [2.24, 2.45) is 4.99 Å². The number of anilines is 1. The average molecular weight is 471 g/mol. The lowest BCUT2D eigenvalue weighted by Crippen LogP contribution is -2.45. The topological polar surface area (TPSA) is 52.6 Å². The Hall–Kier alpha value is -1.35. The Labute approximate surface area is 171 Å². The number of thiazole rings is 1. The number of nitrogens with one attached hydrogen (secondary N) is 2. The number of hydrogen-bond acceptors (Lipinski definition) is 4. The second-order valence-electron chi connectivity index (χ2n) is 6.02. The Bertz CT molecular complexity index is 673. The molecule has 1 aliphatic heterocycles. The van der Waals surface area contributed by atoms with E-state index in [4.69, 9.17) is 0 Å². The molecular formula is C18H26IN5S. The van der Waals surface area contributed by atoms with Crippen molar-refractivity contribution in [2.45, 2.75) is 25.8 Å². The number of rotatable bonds is 5. The first-order valence-corrected chi connectivity index (χ1v) is 9.31. The van der Waals surface area contributed by atoms with Crippen LogP contribution in [0.2, 0.25) is 0 Å². The molecule has 25 heavy (non-hydrogen) atoms. The van der Waals surface area contributed by atoms with Crippen molar-refractivity contribution in [1.29, 1.82) is 0 Å². The van der Waals surface area contributed by atoms with Crippen LogP contribution in [-0.4, -0.2) is 43.7 Å². The summed E-state index contributed by atoms with van der Waals surface area (Å²) in [6, 6.07) is 11.0. The number of halogens is 1. The van der Waals surface area contributed by atoms with Crippen molar-refractivity contribution < 1.29 is 0 Å². The fourth-order valence-electron chi connectivity index (χ4n) is 2.97. The molecule has 136 valence electrons. The Kier molecular flexibility index (Phi) is 7.95. The standard InChI is InChI=1S/C18H25N5S.HI/c1-14-21-16(13-24-14)8-10-20-18(19-2)22-15-9-11-23(12-15)17-6-4-3-5-7-17;/h3-7,13,15H,8-12H2,1-2H3,(H2,19,20,22);1H. The molecule has 5 nitrogen and oxygen atoms in total. The van der Waals surface area contributed by atoms with Gasteiger partial charge in [-0.2, -0.15) is 0 Å². The average Bonchev–Trinajstić information content (AvgIpc) is 3.24. The Morgan fingerprint density at radius 2 is 2.16 bits per heavy atom. The van der Waals surface area contributed by atoms with Crippen LogP contribution in [0, 0.1) is 6.92 Å². The monoisotopic (exact) mass is 471 g/mol. The zero-order chi connectivity index (χ0) is 16.8. The second kappa shape index (κ2) is 9.96. The van der Waals surface area contributed by atoms with E-state index in [9.17, 15) is 0 Å². The lowest BCUT2D eigenvalue weighted by Gasteiger charge is -2.20. The highest BCUT2D eigenvalue weighted by Crippen LogP contribution is 2.19. The highest BCUT2D eigenvalue weighted by atomic mass is 127. The van der Waals surface area contributed by atoms with Gasteiger partial charge >= 0.3 is 0 Å². The quantitative estimate of drug-likeness (QED) is 0.400. The molecule has 1 atom stereocenters. The molecule has 1 aromatic heterocycles. The molecule has 0 aliphatic carbocycles. The summed E-state index contributed by atoms with van der Waals surface area (Å²) < 4.78 is 0. The summed E-state index contributed by atoms with van der Waals surface area (Å²) in [5.74, 6) is 0.877. The Balaban J connectivity index is 0.00000225. The van der Waals surface area contributed by atoms with E-state index in [1.54, 1.807) is 11.3 Å². The van der Waals surface area contributed by atoms with Gasteiger partial charge in [-0.25, -0.2) is 4.98 Å². The van der Waals surface area contributed by atoms with E-state index < -0.39 is 0 Å². The van der Waals surface area contributed by atoms with Gasteiger partial charge in [-0.05, 0) is 25.5 Å². The van der Waals surface area contributed by atoms with Gasteiger partial charge in [0.15, 0.2) is 5.96 Å². The van der Waals surface area contributed by atoms with Crippen LogP contribution in [0.1, 0.15) is 17.1 Å². The molecule has 1 aromatic carbocycles. The van der Waals surface area contributed by atoms with Gasteiger partial charge in [-0.3, -0.25) is 4.99 Å². The molecule has 2 N–H and O–H groups in total. The van der Waals surface area contributed by atoms with Gasteiger partial charge in [-0.15, -0.1) is 35.3 Å². The lowest BCUT2D eigenvalue weighted by molar-refractivity contribution is 0.647. The molecule has 0 spiro atoms. The molecule has 7 heteroatoms. The third-order valence-electron chi connectivity index (χ3n) is 4.21. The summed E-state index contributed by atoms with van der Waals surface area (Å²) >= 11 is 1.70. The lowest BCUT2D eigenvalue weighted by atomic mass is 10.2. The number of aromatic nitrogens is 1. The van der Waals surface area contributed by atoms with Gasteiger partial charge in [0.1, 0.15) is 0 Å². The zero-order valence-electron chi connectivity index (χ0n) is 14.7. The maximum absolute atomic E-state index is 4.49. The number of para-hydroxylation sites is 1. The summed E-state index contributed by atoms with van der Waals surface area (Å²) in [6.45, 7) is 4.98. The van der Waals surface area contributed by atoms with Crippen molar-refractivity contribution in [1.82, 2.24) is 15.6 Å². The first-order valence-electron chi connectivity index (χ1n) is 8.43. The van der Waals surface area contributed by atoms with Crippen LogP contribution in [0.3, 0.4) is 0 Å².